The lowest BCUT2D eigenvalue weighted by molar-refractivity contribution is -0.140. The molecule has 4 rings (SSSR count). The number of piperidine rings is 1. The molecule has 0 radical (unpaired) electrons. The van der Waals surface area contributed by atoms with Crippen LogP contribution in [0.25, 0.3) is 11.1 Å². The quantitative estimate of drug-likeness (QED) is 0.330. The van der Waals surface area contributed by atoms with E-state index < -0.39 is 11.7 Å². The van der Waals surface area contributed by atoms with Gasteiger partial charge in [-0.05, 0) is 73.6 Å². The molecule has 0 aromatic heterocycles. The molecule has 1 aliphatic carbocycles. The number of alkyl carbamates (subject to hydrolysis) is 1. The summed E-state index contributed by atoms with van der Waals surface area (Å²) < 4.78 is 4.72. The number of benzene rings is 2. The maximum atomic E-state index is 13.5. The van der Waals surface area contributed by atoms with Crippen molar-refractivity contribution in [1.82, 2.24) is 10.2 Å². The SMILES string of the molecule is COC(=O)NCCCC(O)(c1cccc(Cl)c1-c1cccc(C(C)C)c1)C1CCCN(C(=O)C2CCC(N)C2)C1. The summed E-state index contributed by atoms with van der Waals surface area (Å²) in [4.78, 5) is 27.1. The van der Waals surface area contributed by atoms with Crippen LogP contribution in [-0.4, -0.2) is 54.8 Å². The molecule has 1 aliphatic heterocycles. The van der Waals surface area contributed by atoms with E-state index in [9.17, 15) is 14.7 Å². The van der Waals surface area contributed by atoms with Crippen molar-refractivity contribution in [3.8, 4) is 11.1 Å². The minimum atomic E-state index is -1.27. The summed E-state index contributed by atoms with van der Waals surface area (Å²) in [5.74, 6) is 0.273. The minimum Gasteiger partial charge on any atom is -0.453 e. The molecule has 2 aliphatic rings. The van der Waals surface area contributed by atoms with Crippen LogP contribution in [0.4, 0.5) is 4.79 Å². The molecule has 1 heterocycles. The monoisotopic (exact) mass is 569 g/mol. The molecule has 2 fully saturated rings. The fraction of sp³-hybridized carbons (Fsp3) is 0.562. The number of hydrogen-bond acceptors (Lipinski definition) is 5. The number of carbonyl (C=O) groups excluding carboxylic acids is 2. The Morgan fingerprint density at radius 3 is 2.67 bits per heavy atom. The van der Waals surface area contributed by atoms with E-state index in [1.807, 2.05) is 35.2 Å². The average molecular weight is 570 g/mol. The third-order valence-corrected chi connectivity index (χ3v) is 9.06. The number of carbonyl (C=O) groups is 2. The number of amides is 2. The summed E-state index contributed by atoms with van der Waals surface area (Å²) in [6.07, 6.45) is 4.47. The topological polar surface area (TPSA) is 105 Å². The van der Waals surface area contributed by atoms with E-state index in [1.54, 1.807) is 0 Å². The molecule has 0 spiro atoms. The maximum absolute atomic E-state index is 13.5. The summed E-state index contributed by atoms with van der Waals surface area (Å²) in [7, 11) is 1.33. The third kappa shape index (κ3) is 6.81. The summed E-state index contributed by atoms with van der Waals surface area (Å²) in [6.45, 7) is 5.84. The number of likely N-dealkylation sites (tertiary alicyclic amines) is 1. The van der Waals surface area contributed by atoms with Crippen LogP contribution in [0.5, 0.6) is 0 Å². The smallest absolute Gasteiger partial charge is 0.406 e. The average Bonchev–Trinajstić information content (AvgIpc) is 3.40. The number of nitrogens with zero attached hydrogens (tertiary/aromatic N) is 1. The first-order valence-electron chi connectivity index (χ1n) is 14.6. The van der Waals surface area contributed by atoms with Crippen molar-refractivity contribution in [3.05, 3.63) is 58.6 Å². The molecular weight excluding hydrogens is 526 g/mol. The molecule has 4 N–H and O–H groups in total. The zero-order valence-electron chi connectivity index (χ0n) is 24.0. The number of ether oxygens (including phenoxy) is 1. The molecule has 2 aromatic carbocycles. The first kappa shape index (κ1) is 30.4. The highest BCUT2D eigenvalue weighted by Crippen LogP contribution is 2.46. The first-order valence-corrected chi connectivity index (χ1v) is 15.0. The van der Waals surface area contributed by atoms with E-state index >= 15 is 0 Å². The molecule has 4 atom stereocenters. The fourth-order valence-corrected chi connectivity index (χ4v) is 6.76. The Balaban J connectivity index is 1.70. The van der Waals surface area contributed by atoms with Gasteiger partial charge in [-0.15, -0.1) is 0 Å². The Morgan fingerprint density at radius 1 is 1.20 bits per heavy atom. The standard InChI is InChI=1S/C32H44ClN3O4/c1-21(2)22-8-4-9-23(18-22)29-27(11-5-12-28(29)33)32(39,15-7-16-35-31(38)40-3)25-10-6-17-36(20-25)30(37)24-13-14-26(34)19-24/h4-5,8-9,11-12,18,21,24-26,39H,6-7,10,13-17,19-20,34H2,1-3H3,(H,35,38). The number of rotatable bonds is 9. The van der Waals surface area contributed by atoms with Crippen LogP contribution < -0.4 is 11.1 Å². The second kappa shape index (κ2) is 13.4. The van der Waals surface area contributed by atoms with E-state index in [1.165, 1.54) is 12.7 Å². The summed E-state index contributed by atoms with van der Waals surface area (Å²) in [5, 5.41) is 16.0. The van der Waals surface area contributed by atoms with E-state index in [-0.39, 0.29) is 23.8 Å². The van der Waals surface area contributed by atoms with E-state index in [4.69, 9.17) is 22.1 Å². The van der Waals surface area contributed by atoms with Gasteiger partial charge in [0, 0.05) is 48.1 Å². The summed E-state index contributed by atoms with van der Waals surface area (Å²) in [5.41, 5.74) is 8.59. The highest BCUT2D eigenvalue weighted by atomic mass is 35.5. The van der Waals surface area contributed by atoms with Crippen LogP contribution in [0.15, 0.2) is 42.5 Å². The number of methoxy groups -OCH3 is 1. The second-order valence-electron chi connectivity index (χ2n) is 11.8. The molecular formula is C32H44ClN3O4. The van der Waals surface area contributed by atoms with Crippen LogP contribution in [0.2, 0.25) is 5.02 Å². The molecule has 1 saturated carbocycles. The number of halogens is 1. The zero-order valence-corrected chi connectivity index (χ0v) is 24.8. The fourth-order valence-electron chi connectivity index (χ4n) is 6.48. The third-order valence-electron chi connectivity index (χ3n) is 8.74. The molecule has 1 saturated heterocycles. The first-order chi connectivity index (χ1) is 19.1. The number of aliphatic hydroxyl groups is 1. The lowest BCUT2D eigenvalue weighted by Crippen LogP contribution is -2.49. The Bertz CT molecular complexity index is 1190. The molecule has 8 heteroatoms. The summed E-state index contributed by atoms with van der Waals surface area (Å²) in [6, 6.07) is 14.1. The Labute approximate surface area is 243 Å². The maximum Gasteiger partial charge on any atom is 0.406 e. The zero-order chi connectivity index (χ0) is 28.9. The predicted octanol–water partition coefficient (Wildman–Crippen LogP) is 5.82. The van der Waals surface area contributed by atoms with Crippen molar-refractivity contribution in [2.75, 3.05) is 26.7 Å². The van der Waals surface area contributed by atoms with Gasteiger partial charge in [0.05, 0.1) is 12.7 Å². The lowest BCUT2D eigenvalue weighted by Gasteiger charge is -2.44. The van der Waals surface area contributed by atoms with Crippen molar-refractivity contribution in [2.45, 2.75) is 76.4 Å². The van der Waals surface area contributed by atoms with Crippen LogP contribution in [0.1, 0.15) is 75.8 Å². The van der Waals surface area contributed by atoms with E-state index in [2.05, 4.69) is 31.3 Å². The molecule has 7 nitrogen and oxygen atoms in total. The lowest BCUT2D eigenvalue weighted by atomic mass is 9.72. The molecule has 40 heavy (non-hydrogen) atoms. The van der Waals surface area contributed by atoms with Crippen molar-refractivity contribution in [2.24, 2.45) is 17.6 Å². The molecule has 2 aromatic rings. The minimum absolute atomic E-state index is 0.0356. The Morgan fingerprint density at radius 2 is 1.98 bits per heavy atom. The van der Waals surface area contributed by atoms with Gasteiger partial charge < -0.3 is 25.8 Å². The molecule has 0 bridgehead atoms. The molecule has 4 unspecified atom stereocenters. The number of nitrogens with one attached hydrogen (secondary N) is 1. The van der Waals surface area contributed by atoms with Crippen LogP contribution in [0, 0.1) is 11.8 Å². The van der Waals surface area contributed by atoms with Gasteiger partial charge in [0.15, 0.2) is 0 Å². The highest BCUT2D eigenvalue weighted by molar-refractivity contribution is 6.33. The largest absolute Gasteiger partial charge is 0.453 e. The van der Waals surface area contributed by atoms with Gasteiger partial charge in [-0.1, -0.05) is 61.8 Å². The van der Waals surface area contributed by atoms with Crippen molar-refractivity contribution in [1.29, 1.82) is 0 Å². The van der Waals surface area contributed by atoms with Crippen LogP contribution >= 0.6 is 11.6 Å². The predicted molar refractivity (Wildman–Crippen MR) is 159 cm³/mol. The normalized spacial score (nSPS) is 22.7. The Kier molecular flexibility index (Phi) is 10.1. The van der Waals surface area contributed by atoms with Crippen molar-refractivity contribution >= 4 is 23.6 Å². The molecule has 218 valence electrons. The van der Waals surface area contributed by atoms with Gasteiger partial charge in [0.25, 0.3) is 0 Å². The highest BCUT2D eigenvalue weighted by Gasteiger charge is 2.44. The Hall–Kier alpha value is -2.61. The van der Waals surface area contributed by atoms with Gasteiger partial charge in [-0.3, -0.25) is 4.79 Å². The summed E-state index contributed by atoms with van der Waals surface area (Å²) >= 11 is 6.88. The van der Waals surface area contributed by atoms with Crippen molar-refractivity contribution in [3.63, 3.8) is 0 Å². The van der Waals surface area contributed by atoms with Crippen molar-refractivity contribution < 1.29 is 19.4 Å². The van der Waals surface area contributed by atoms with Gasteiger partial charge in [-0.25, -0.2) is 4.79 Å². The second-order valence-corrected chi connectivity index (χ2v) is 12.2. The van der Waals surface area contributed by atoms with Crippen LogP contribution in [0.3, 0.4) is 0 Å². The number of nitrogens with two attached hydrogens (primary N) is 1. The van der Waals surface area contributed by atoms with E-state index in [0.29, 0.717) is 43.4 Å². The van der Waals surface area contributed by atoms with Gasteiger partial charge in [0.1, 0.15) is 0 Å². The van der Waals surface area contributed by atoms with Gasteiger partial charge in [-0.2, -0.15) is 0 Å². The number of hydrogen-bond donors (Lipinski definition) is 3. The molecule has 2 amide bonds. The van der Waals surface area contributed by atoms with Gasteiger partial charge in [0.2, 0.25) is 5.91 Å². The van der Waals surface area contributed by atoms with Gasteiger partial charge >= 0.3 is 6.09 Å². The van der Waals surface area contributed by atoms with Crippen LogP contribution in [-0.2, 0) is 15.1 Å². The van der Waals surface area contributed by atoms with E-state index in [0.717, 1.165) is 48.8 Å².